The van der Waals surface area contributed by atoms with E-state index in [9.17, 15) is 4.79 Å². The van der Waals surface area contributed by atoms with E-state index in [1.54, 1.807) is 24.4 Å². The molecule has 1 unspecified atom stereocenters. The topological polar surface area (TPSA) is 108 Å². The Balaban J connectivity index is 1.12. The number of hydrogen-bond donors (Lipinski definition) is 3. The van der Waals surface area contributed by atoms with Gasteiger partial charge in [0.1, 0.15) is 0 Å². The van der Waals surface area contributed by atoms with E-state index in [-0.39, 0.29) is 11.9 Å². The summed E-state index contributed by atoms with van der Waals surface area (Å²) in [4.78, 5) is 22.6. The smallest absolute Gasteiger partial charge is 0.251 e. The number of carbonyl (C=O) groups is 1. The minimum absolute atomic E-state index is 0.110. The largest absolute Gasteiger partial charge is 0.398 e. The van der Waals surface area contributed by atoms with E-state index >= 15 is 0 Å². The second-order valence-electron chi connectivity index (χ2n) is 10.5. The van der Waals surface area contributed by atoms with Gasteiger partial charge in [0, 0.05) is 66.5 Å². The zero-order valence-electron chi connectivity index (χ0n) is 21.5. The van der Waals surface area contributed by atoms with E-state index < -0.39 is 0 Å². The van der Waals surface area contributed by atoms with Gasteiger partial charge in [-0.2, -0.15) is 0 Å². The van der Waals surface area contributed by atoms with E-state index in [0.717, 1.165) is 69.2 Å². The summed E-state index contributed by atoms with van der Waals surface area (Å²) in [5, 5.41) is 12.0. The lowest BCUT2D eigenvalue weighted by molar-refractivity contribution is 0.0105. The molecule has 38 heavy (non-hydrogen) atoms. The predicted octanol–water partition coefficient (Wildman–Crippen LogP) is 3.48. The fourth-order valence-electron chi connectivity index (χ4n) is 5.40. The number of pyridine rings is 1. The highest BCUT2D eigenvalue weighted by Crippen LogP contribution is 2.40. The summed E-state index contributed by atoms with van der Waals surface area (Å²) < 4.78 is 5.47. The number of nitrogen functional groups attached to an aromatic ring is 1. The molecule has 3 fully saturated rings. The number of morpholine rings is 1. The van der Waals surface area contributed by atoms with Crippen LogP contribution in [0.15, 0.2) is 66.9 Å². The van der Waals surface area contributed by atoms with Gasteiger partial charge in [0.15, 0.2) is 0 Å². The van der Waals surface area contributed by atoms with Gasteiger partial charge >= 0.3 is 0 Å². The van der Waals surface area contributed by atoms with Crippen LogP contribution >= 0.6 is 0 Å². The molecule has 1 amide bonds. The van der Waals surface area contributed by atoms with Gasteiger partial charge in [-0.15, -0.1) is 0 Å². The van der Waals surface area contributed by atoms with Gasteiger partial charge in [0.05, 0.1) is 30.7 Å². The van der Waals surface area contributed by atoms with Gasteiger partial charge in [-0.05, 0) is 61.2 Å². The van der Waals surface area contributed by atoms with Gasteiger partial charge in [0.25, 0.3) is 5.91 Å². The van der Waals surface area contributed by atoms with Crippen LogP contribution in [0.4, 0.5) is 11.4 Å². The molecular weight excluding hydrogens is 476 g/mol. The molecule has 1 aromatic heterocycles. The molecule has 1 aliphatic carbocycles. The lowest BCUT2D eigenvalue weighted by atomic mass is 9.97. The summed E-state index contributed by atoms with van der Waals surface area (Å²) in [6.45, 7) is 5.70. The maximum atomic E-state index is 13.2. The fraction of sp³-hybridized carbons (Fsp3) is 0.367. The monoisotopic (exact) mass is 510 g/mol. The molecule has 1 atom stereocenters. The van der Waals surface area contributed by atoms with Crippen LogP contribution in [-0.2, 0) is 4.74 Å². The molecule has 8 nitrogen and oxygen atoms in total. The van der Waals surface area contributed by atoms with Crippen LogP contribution in [-0.4, -0.2) is 66.9 Å². The van der Waals surface area contributed by atoms with Gasteiger partial charge in [-0.1, -0.05) is 18.2 Å². The molecule has 3 heterocycles. The number of rotatable bonds is 8. The molecular formula is C30H34N6O2. The van der Waals surface area contributed by atoms with Crippen LogP contribution in [0.25, 0.3) is 0 Å². The zero-order valence-corrected chi connectivity index (χ0v) is 21.5. The lowest BCUT2D eigenvalue weighted by Crippen LogP contribution is -2.61. The third kappa shape index (κ3) is 5.14. The van der Waals surface area contributed by atoms with Crippen molar-refractivity contribution in [3.63, 3.8) is 0 Å². The number of ether oxygens (including phenoxy) is 1. The normalized spacial score (nSPS) is 19.0. The van der Waals surface area contributed by atoms with E-state index in [1.807, 2.05) is 30.3 Å². The molecule has 3 aromatic rings. The average molecular weight is 511 g/mol. The molecule has 3 aliphatic rings. The summed E-state index contributed by atoms with van der Waals surface area (Å²) in [6.07, 6.45) is 3.93. The fourth-order valence-corrected chi connectivity index (χ4v) is 5.40. The van der Waals surface area contributed by atoms with Gasteiger partial charge in [0.2, 0.25) is 0 Å². The molecule has 0 bridgehead atoms. The molecule has 1 saturated carbocycles. The summed E-state index contributed by atoms with van der Waals surface area (Å²) in [5.41, 5.74) is 10.9. The first-order valence-electron chi connectivity index (χ1n) is 13.4. The van der Waals surface area contributed by atoms with E-state index in [0.29, 0.717) is 34.5 Å². The molecule has 6 rings (SSSR count). The maximum absolute atomic E-state index is 13.2. The molecule has 0 radical (unpaired) electrons. The highest BCUT2D eigenvalue weighted by atomic mass is 16.5. The Morgan fingerprint density at radius 1 is 1.03 bits per heavy atom. The van der Waals surface area contributed by atoms with E-state index in [4.69, 9.17) is 15.9 Å². The Morgan fingerprint density at radius 3 is 2.45 bits per heavy atom. The molecule has 2 aromatic carbocycles. The number of hydrogen-bond acceptors (Lipinski definition) is 7. The van der Waals surface area contributed by atoms with Crippen LogP contribution in [0.5, 0.6) is 0 Å². The standard InChI is InChI=1S/C30H34N6O2/c31-26-11-8-22(30(37)34-29(21-4-5-21)27-3-1-2-12-33-27)17-25(26)28(32)20-6-9-23(10-7-20)36-18-24(19-36)35-13-15-38-16-14-35/h1-3,6-12,17,21,24,29,32H,4-5,13-16,18-19,31H2,(H,34,37). The first kappa shape index (κ1) is 24.6. The number of nitrogens with one attached hydrogen (secondary N) is 2. The maximum Gasteiger partial charge on any atom is 0.251 e. The number of anilines is 2. The Morgan fingerprint density at radius 2 is 1.76 bits per heavy atom. The van der Waals surface area contributed by atoms with Crippen molar-refractivity contribution in [3.05, 3.63) is 89.2 Å². The second-order valence-corrected chi connectivity index (χ2v) is 10.5. The lowest BCUT2D eigenvalue weighted by Gasteiger charge is -2.47. The van der Waals surface area contributed by atoms with Crippen molar-refractivity contribution in [1.29, 1.82) is 5.41 Å². The first-order valence-corrected chi connectivity index (χ1v) is 13.4. The third-order valence-electron chi connectivity index (χ3n) is 7.92. The highest BCUT2D eigenvalue weighted by Gasteiger charge is 2.35. The number of aromatic nitrogens is 1. The van der Waals surface area contributed by atoms with Crippen LogP contribution in [0.1, 0.15) is 46.1 Å². The molecule has 196 valence electrons. The Kier molecular flexibility index (Phi) is 6.82. The second kappa shape index (κ2) is 10.6. The molecule has 8 heteroatoms. The summed E-state index contributed by atoms with van der Waals surface area (Å²) in [7, 11) is 0. The Labute approximate surface area is 223 Å². The number of nitrogens with zero attached hydrogens (tertiary/aromatic N) is 3. The van der Waals surface area contributed by atoms with Crippen LogP contribution in [0.2, 0.25) is 0 Å². The van der Waals surface area contributed by atoms with Crippen LogP contribution in [0.3, 0.4) is 0 Å². The number of carbonyl (C=O) groups excluding carboxylic acids is 1. The van der Waals surface area contributed by atoms with Crippen molar-refractivity contribution in [1.82, 2.24) is 15.2 Å². The minimum Gasteiger partial charge on any atom is -0.398 e. The van der Waals surface area contributed by atoms with Crippen molar-refractivity contribution in [2.45, 2.75) is 24.9 Å². The van der Waals surface area contributed by atoms with Crippen molar-refractivity contribution < 1.29 is 9.53 Å². The van der Waals surface area contributed by atoms with Crippen molar-refractivity contribution in [3.8, 4) is 0 Å². The first-order chi connectivity index (χ1) is 18.6. The predicted molar refractivity (Wildman–Crippen MR) is 149 cm³/mol. The van der Waals surface area contributed by atoms with Gasteiger partial charge in [-0.3, -0.25) is 20.1 Å². The van der Waals surface area contributed by atoms with E-state index in [1.165, 1.54) is 0 Å². The summed E-state index contributed by atoms with van der Waals surface area (Å²) in [6, 6.07) is 19.5. The van der Waals surface area contributed by atoms with Crippen molar-refractivity contribution >= 4 is 23.0 Å². The summed E-state index contributed by atoms with van der Waals surface area (Å²) >= 11 is 0. The Hall–Kier alpha value is -3.75. The highest BCUT2D eigenvalue weighted by molar-refractivity contribution is 6.15. The quantitative estimate of drug-likeness (QED) is 0.316. The molecule has 0 spiro atoms. The van der Waals surface area contributed by atoms with Crippen LogP contribution < -0.4 is 16.0 Å². The summed E-state index contributed by atoms with van der Waals surface area (Å²) in [5.74, 6) is 0.235. The molecule has 4 N–H and O–H groups in total. The Bertz CT molecular complexity index is 1300. The zero-order chi connectivity index (χ0) is 26.1. The minimum atomic E-state index is -0.176. The molecule has 2 aliphatic heterocycles. The van der Waals surface area contributed by atoms with E-state index in [2.05, 4.69) is 32.2 Å². The van der Waals surface area contributed by atoms with Gasteiger partial charge < -0.3 is 20.7 Å². The van der Waals surface area contributed by atoms with Crippen LogP contribution in [0, 0.1) is 11.3 Å². The van der Waals surface area contributed by atoms with Crippen molar-refractivity contribution in [2.24, 2.45) is 5.92 Å². The number of benzene rings is 2. The van der Waals surface area contributed by atoms with Gasteiger partial charge in [-0.25, -0.2) is 0 Å². The number of amides is 1. The number of nitrogens with two attached hydrogens (primary N) is 1. The SMILES string of the molecule is N=C(c1ccc(N2CC(N3CCOCC3)C2)cc1)c1cc(C(=O)NC(c2ccccn2)C2CC2)ccc1N. The average Bonchev–Trinajstić information content (AvgIpc) is 3.78. The van der Waals surface area contributed by atoms with Crippen molar-refractivity contribution in [2.75, 3.05) is 50.0 Å². The molecule has 2 saturated heterocycles. The third-order valence-corrected chi connectivity index (χ3v) is 7.92.